The molecule has 0 aromatic heterocycles. The number of benzene rings is 1. The number of rotatable bonds is 7. The van der Waals surface area contributed by atoms with E-state index in [0.717, 1.165) is 0 Å². The molecule has 2 atom stereocenters. The van der Waals surface area contributed by atoms with Crippen molar-refractivity contribution in [1.29, 1.82) is 0 Å². The molecule has 0 aliphatic carbocycles. The number of hydrogen-bond donors (Lipinski definition) is 2. The first-order chi connectivity index (χ1) is 11.5. The number of carbonyl (C=O) groups excluding carboxylic acids is 1. The van der Waals surface area contributed by atoms with Gasteiger partial charge in [0, 0.05) is 25.8 Å². The van der Waals surface area contributed by atoms with E-state index in [0.29, 0.717) is 26.1 Å². The van der Waals surface area contributed by atoms with E-state index >= 15 is 0 Å². The molecule has 0 saturated carbocycles. The zero-order valence-electron chi connectivity index (χ0n) is 13.5. The molecule has 2 rings (SSSR count). The van der Waals surface area contributed by atoms with Crippen LogP contribution in [0.1, 0.15) is 19.8 Å². The first-order valence-corrected chi connectivity index (χ1v) is 7.98. The summed E-state index contributed by atoms with van der Waals surface area (Å²) in [4.78, 5) is 23.5. The standard InChI is InChI=1S/C17H22FNO5/c1-11(24-14-4-2-3-13(18)9-14)16(20)19-10-15(17(21)22)12-5-7-23-8-6-12/h2-4,9,11-12,15H,5-8,10H2,1H3,(H,19,20)(H,21,22). The summed E-state index contributed by atoms with van der Waals surface area (Å²) in [5.41, 5.74) is 0. The summed E-state index contributed by atoms with van der Waals surface area (Å²) in [5, 5.41) is 12.0. The monoisotopic (exact) mass is 339 g/mol. The topological polar surface area (TPSA) is 84.9 Å². The van der Waals surface area contributed by atoms with E-state index in [1.807, 2.05) is 0 Å². The zero-order valence-corrected chi connectivity index (χ0v) is 13.5. The molecule has 1 aromatic carbocycles. The van der Waals surface area contributed by atoms with Gasteiger partial charge in [0.25, 0.3) is 5.91 Å². The number of hydrogen-bond acceptors (Lipinski definition) is 4. The van der Waals surface area contributed by atoms with E-state index in [1.165, 1.54) is 25.1 Å². The summed E-state index contributed by atoms with van der Waals surface area (Å²) in [6.45, 7) is 2.66. The lowest BCUT2D eigenvalue weighted by atomic mass is 9.86. The number of carboxylic acid groups (broad SMARTS) is 1. The van der Waals surface area contributed by atoms with Crippen molar-refractivity contribution in [2.24, 2.45) is 11.8 Å². The lowest BCUT2D eigenvalue weighted by molar-refractivity contribution is -0.145. The van der Waals surface area contributed by atoms with Crippen LogP contribution in [0.15, 0.2) is 24.3 Å². The predicted molar refractivity (Wildman–Crippen MR) is 84.2 cm³/mol. The molecule has 1 saturated heterocycles. The molecule has 1 amide bonds. The van der Waals surface area contributed by atoms with Gasteiger partial charge in [-0.3, -0.25) is 9.59 Å². The van der Waals surface area contributed by atoms with Gasteiger partial charge in [0.1, 0.15) is 11.6 Å². The largest absolute Gasteiger partial charge is 0.481 e. The summed E-state index contributed by atoms with van der Waals surface area (Å²) in [7, 11) is 0. The minimum Gasteiger partial charge on any atom is -0.481 e. The van der Waals surface area contributed by atoms with E-state index in [1.54, 1.807) is 6.07 Å². The molecule has 1 aromatic rings. The summed E-state index contributed by atoms with van der Waals surface area (Å²) in [6, 6.07) is 5.50. The van der Waals surface area contributed by atoms with E-state index in [-0.39, 0.29) is 18.2 Å². The van der Waals surface area contributed by atoms with Crippen LogP contribution >= 0.6 is 0 Å². The van der Waals surface area contributed by atoms with Crippen LogP contribution in [0.2, 0.25) is 0 Å². The lowest BCUT2D eigenvalue weighted by Gasteiger charge is -2.28. The molecule has 0 spiro atoms. The molecule has 0 radical (unpaired) electrons. The molecule has 1 heterocycles. The van der Waals surface area contributed by atoms with Gasteiger partial charge < -0.3 is 19.9 Å². The predicted octanol–water partition coefficient (Wildman–Crippen LogP) is 1.84. The summed E-state index contributed by atoms with van der Waals surface area (Å²) < 4.78 is 23.7. The van der Waals surface area contributed by atoms with E-state index < -0.39 is 29.7 Å². The van der Waals surface area contributed by atoms with Crippen molar-refractivity contribution in [3.8, 4) is 5.75 Å². The van der Waals surface area contributed by atoms with Gasteiger partial charge in [-0.15, -0.1) is 0 Å². The van der Waals surface area contributed by atoms with Crippen LogP contribution in [0, 0.1) is 17.7 Å². The van der Waals surface area contributed by atoms with Gasteiger partial charge in [0.05, 0.1) is 5.92 Å². The number of ether oxygens (including phenoxy) is 2. The van der Waals surface area contributed by atoms with Crippen molar-refractivity contribution in [3.05, 3.63) is 30.1 Å². The molecule has 6 nitrogen and oxygen atoms in total. The Balaban J connectivity index is 1.86. The third kappa shape index (κ3) is 5.19. The van der Waals surface area contributed by atoms with Crippen LogP contribution in [0.3, 0.4) is 0 Å². The number of amides is 1. The maximum Gasteiger partial charge on any atom is 0.308 e. The molecule has 1 aliphatic heterocycles. The van der Waals surface area contributed by atoms with Crippen LogP contribution in [0.4, 0.5) is 4.39 Å². The van der Waals surface area contributed by atoms with E-state index in [2.05, 4.69) is 5.32 Å². The highest BCUT2D eigenvalue weighted by atomic mass is 19.1. The molecule has 132 valence electrons. The summed E-state index contributed by atoms with van der Waals surface area (Å²) in [6.07, 6.45) is 0.487. The Kier molecular flexibility index (Phi) is 6.54. The first kappa shape index (κ1) is 18.2. The smallest absolute Gasteiger partial charge is 0.308 e. The summed E-state index contributed by atoms with van der Waals surface area (Å²) >= 11 is 0. The Hall–Kier alpha value is -2.15. The van der Waals surface area contributed by atoms with E-state index in [4.69, 9.17) is 9.47 Å². The van der Waals surface area contributed by atoms with Gasteiger partial charge in [-0.1, -0.05) is 6.07 Å². The van der Waals surface area contributed by atoms with Crippen molar-refractivity contribution >= 4 is 11.9 Å². The van der Waals surface area contributed by atoms with Gasteiger partial charge in [0.15, 0.2) is 6.10 Å². The van der Waals surface area contributed by atoms with Crippen molar-refractivity contribution in [2.75, 3.05) is 19.8 Å². The maximum atomic E-state index is 13.1. The number of aliphatic carboxylic acids is 1. The van der Waals surface area contributed by atoms with Crippen molar-refractivity contribution in [2.45, 2.75) is 25.9 Å². The van der Waals surface area contributed by atoms with Gasteiger partial charge >= 0.3 is 5.97 Å². The second-order valence-electron chi connectivity index (χ2n) is 5.86. The minimum absolute atomic E-state index is 0.0176. The number of carboxylic acids is 1. The fourth-order valence-corrected chi connectivity index (χ4v) is 2.73. The minimum atomic E-state index is -0.930. The molecule has 7 heteroatoms. The third-order valence-electron chi connectivity index (χ3n) is 4.13. The molecule has 24 heavy (non-hydrogen) atoms. The average molecular weight is 339 g/mol. The molecule has 2 N–H and O–H groups in total. The Morgan fingerprint density at radius 2 is 2.12 bits per heavy atom. The lowest BCUT2D eigenvalue weighted by Crippen LogP contribution is -2.43. The number of nitrogens with one attached hydrogen (secondary N) is 1. The Bertz CT molecular complexity index is 574. The Morgan fingerprint density at radius 3 is 2.75 bits per heavy atom. The normalized spacial score (nSPS) is 17.8. The quantitative estimate of drug-likeness (QED) is 0.792. The van der Waals surface area contributed by atoms with Gasteiger partial charge in [-0.2, -0.15) is 0 Å². The van der Waals surface area contributed by atoms with Crippen molar-refractivity contribution in [3.63, 3.8) is 0 Å². The van der Waals surface area contributed by atoms with Gasteiger partial charge in [-0.05, 0) is 37.8 Å². The highest BCUT2D eigenvalue weighted by Crippen LogP contribution is 2.24. The third-order valence-corrected chi connectivity index (χ3v) is 4.13. The highest BCUT2D eigenvalue weighted by molar-refractivity contribution is 5.81. The first-order valence-electron chi connectivity index (χ1n) is 7.98. The van der Waals surface area contributed by atoms with Crippen LogP contribution in [0.25, 0.3) is 0 Å². The fourth-order valence-electron chi connectivity index (χ4n) is 2.73. The average Bonchev–Trinajstić information content (AvgIpc) is 2.55. The molecular formula is C17H22FNO5. The molecule has 1 fully saturated rings. The zero-order chi connectivity index (χ0) is 17.5. The van der Waals surface area contributed by atoms with Gasteiger partial charge in [-0.25, -0.2) is 4.39 Å². The van der Waals surface area contributed by atoms with Crippen molar-refractivity contribution in [1.82, 2.24) is 5.32 Å². The molecule has 0 bridgehead atoms. The number of halogens is 1. The van der Waals surface area contributed by atoms with Crippen LogP contribution < -0.4 is 10.1 Å². The van der Waals surface area contributed by atoms with Crippen LogP contribution in [0.5, 0.6) is 5.75 Å². The SMILES string of the molecule is CC(Oc1cccc(F)c1)C(=O)NCC(C(=O)O)C1CCOCC1. The second-order valence-corrected chi connectivity index (χ2v) is 5.86. The molecular weight excluding hydrogens is 317 g/mol. The van der Waals surface area contributed by atoms with Gasteiger partial charge in [0.2, 0.25) is 0 Å². The Morgan fingerprint density at radius 1 is 1.42 bits per heavy atom. The maximum absolute atomic E-state index is 13.1. The highest BCUT2D eigenvalue weighted by Gasteiger charge is 2.30. The molecule has 1 aliphatic rings. The summed E-state index contributed by atoms with van der Waals surface area (Å²) in [5.74, 6) is -2.24. The second kappa shape index (κ2) is 8.63. The van der Waals surface area contributed by atoms with Crippen molar-refractivity contribution < 1.29 is 28.6 Å². The van der Waals surface area contributed by atoms with Crippen LogP contribution in [-0.4, -0.2) is 42.8 Å². The fraction of sp³-hybridized carbons (Fsp3) is 0.529. The Labute approximate surface area is 139 Å². The van der Waals surface area contributed by atoms with Crippen LogP contribution in [-0.2, 0) is 14.3 Å². The van der Waals surface area contributed by atoms with E-state index in [9.17, 15) is 19.1 Å². The number of carbonyl (C=O) groups is 2. The molecule has 2 unspecified atom stereocenters.